The SMILES string of the molecule is COC1(C)CCCC/C(=C\CC(C)=O)O1. The summed E-state index contributed by atoms with van der Waals surface area (Å²) in [6, 6.07) is 0. The molecule has 3 nitrogen and oxygen atoms in total. The van der Waals surface area contributed by atoms with Crippen LogP contribution < -0.4 is 0 Å². The molecule has 0 aliphatic carbocycles. The third-order valence-corrected chi connectivity index (χ3v) is 2.70. The fraction of sp³-hybridized carbons (Fsp3) is 0.750. The van der Waals surface area contributed by atoms with E-state index >= 15 is 0 Å². The predicted octanol–water partition coefficient (Wildman–Crippen LogP) is 2.80. The van der Waals surface area contributed by atoms with E-state index in [-0.39, 0.29) is 5.78 Å². The van der Waals surface area contributed by atoms with Crippen LogP contribution in [0.2, 0.25) is 0 Å². The fourth-order valence-electron chi connectivity index (χ4n) is 1.67. The Morgan fingerprint density at radius 3 is 2.93 bits per heavy atom. The lowest BCUT2D eigenvalue weighted by molar-refractivity contribution is -0.187. The van der Waals surface area contributed by atoms with Gasteiger partial charge in [0.1, 0.15) is 5.78 Å². The summed E-state index contributed by atoms with van der Waals surface area (Å²) in [4.78, 5) is 10.9. The maximum atomic E-state index is 10.9. The van der Waals surface area contributed by atoms with Crippen LogP contribution in [0.15, 0.2) is 11.8 Å². The van der Waals surface area contributed by atoms with E-state index in [1.165, 1.54) is 0 Å². The third-order valence-electron chi connectivity index (χ3n) is 2.70. The summed E-state index contributed by atoms with van der Waals surface area (Å²) in [5, 5.41) is 0. The number of allylic oxidation sites excluding steroid dienone is 2. The van der Waals surface area contributed by atoms with Crippen LogP contribution in [0.5, 0.6) is 0 Å². The molecule has 0 saturated carbocycles. The lowest BCUT2D eigenvalue weighted by Gasteiger charge is -2.28. The number of Topliss-reactive ketones (excluding diaryl/α,β-unsaturated/α-hetero) is 1. The van der Waals surface area contributed by atoms with Crippen molar-refractivity contribution in [3.8, 4) is 0 Å². The minimum absolute atomic E-state index is 0.162. The zero-order valence-corrected chi connectivity index (χ0v) is 9.84. The molecule has 1 unspecified atom stereocenters. The highest BCUT2D eigenvalue weighted by atomic mass is 16.7. The van der Waals surface area contributed by atoms with E-state index in [2.05, 4.69) is 0 Å². The van der Waals surface area contributed by atoms with Crippen molar-refractivity contribution >= 4 is 5.78 Å². The van der Waals surface area contributed by atoms with E-state index in [0.29, 0.717) is 6.42 Å². The molecule has 1 fully saturated rings. The summed E-state index contributed by atoms with van der Waals surface area (Å²) in [6.07, 6.45) is 6.34. The van der Waals surface area contributed by atoms with Crippen LogP contribution in [0.4, 0.5) is 0 Å². The van der Waals surface area contributed by atoms with Crippen LogP contribution in [-0.2, 0) is 14.3 Å². The standard InChI is InChI=1S/C12H20O3/c1-10(13)7-8-11-6-4-5-9-12(2,14-3)15-11/h8H,4-7,9H2,1-3H3/b11-8+. The Hall–Kier alpha value is -0.830. The van der Waals surface area contributed by atoms with Crippen LogP contribution in [0.25, 0.3) is 0 Å². The zero-order chi connectivity index (χ0) is 11.3. The summed E-state index contributed by atoms with van der Waals surface area (Å²) >= 11 is 0. The Kier molecular flexibility index (Phi) is 4.33. The molecular weight excluding hydrogens is 192 g/mol. The first-order valence-corrected chi connectivity index (χ1v) is 5.48. The van der Waals surface area contributed by atoms with Gasteiger partial charge in [0.2, 0.25) is 5.79 Å². The summed E-state index contributed by atoms with van der Waals surface area (Å²) in [5.74, 6) is 0.542. The molecule has 0 radical (unpaired) electrons. The number of hydrogen-bond acceptors (Lipinski definition) is 3. The highest BCUT2D eigenvalue weighted by Crippen LogP contribution is 2.29. The molecule has 1 atom stereocenters. The van der Waals surface area contributed by atoms with Crippen molar-refractivity contribution in [2.75, 3.05) is 7.11 Å². The minimum atomic E-state index is -0.515. The molecule has 1 rings (SSSR count). The van der Waals surface area contributed by atoms with Gasteiger partial charge in [-0.15, -0.1) is 0 Å². The molecule has 86 valence electrons. The molecule has 0 N–H and O–H groups in total. The smallest absolute Gasteiger partial charge is 0.206 e. The molecule has 1 aliphatic heterocycles. The Bertz CT molecular complexity index is 258. The van der Waals surface area contributed by atoms with Crippen LogP contribution in [0.1, 0.15) is 46.0 Å². The molecule has 1 heterocycles. The molecule has 0 bridgehead atoms. The van der Waals surface area contributed by atoms with Crippen molar-refractivity contribution in [2.45, 2.75) is 51.7 Å². The van der Waals surface area contributed by atoms with Crippen molar-refractivity contribution in [3.63, 3.8) is 0 Å². The Morgan fingerprint density at radius 1 is 1.60 bits per heavy atom. The average molecular weight is 212 g/mol. The first kappa shape index (κ1) is 12.2. The van der Waals surface area contributed by atoms with E-state index in [1.807, 2.05) is 13.0 Å². The maximum Gasteiger partial charge on any atom is 0.206 e. The van der Waals surface area contributed by atoms with Gasteiger partial charge in [0.05, 0.1) is 5.76 Å². The number of ether oxygens (including phenoxy) is 2. The molecule has 0 aromatic heterocycles. The van der Waals surface area contributed by atoms with Crippen LogP contribution in [0.3, 0.4) is 0 Å². The first-order valence-electron chi connectivity index (χ1n) is 5.48. The van der Waals surface area contributed by atoms with Gasteiger partial charge in [0, 0.05) is 33.3 Å². The Balaban J connectivity index is 2.64. The molecule has 15 heavy (non-hydrogen) atoms. The topological polar surface area (TPSA) is 35.5 Å². The first-order chi connectivity index (χ1) is 7.06. The van der Waals surface area contributed by atoms with Crippen molar-refractivity contribution in [1.82, 2.24) is 0 Å². The number of hydrogen-bond donors (Lipinski definition) is 0. The second-order valence-corrected chi connectivity index (χ2v) is 4.22. The van der Waals surface area contributed by atoms with Gasteiger partial charge in [-0.25, -0.2) is 0 Å². The number of carbonyl (C=O) groups is 1. The number of carbonyl (C=O) groups excluding carboxylic acids is 1. The van der Waals surface area contributed by atoms with Gasteiger partial charge in [-0.1, -0.05) is 0 Å². The third kappa shape index (κ3) is 4.04. The quantitative estimate of drug-likeness (QED) is 0.721. The molecule has 0 spiro atoms. The van der Waals surface area contributed by atoms with E-state index in [0.717, 1.165) is 31.4 Å². The van der Waals surface area contributed by atoms with Crippen LogP contribution in [0, 0.1) is 0 Å². The fourth-order valence-corrected chi connectivity index (χ4v) is 1.67. The van der Waals surface area contributed by atoms with Crippen molar-refractivity contribution in [2.24, 2.45) is 0 Å². The second-order valence-electron chi connectivity index (χ2n) is 4.22. The van der Waals surface area contributed by atoms with E-state index in [4.69, 9.17) is 9.47 Å². The maximum absolute atomic E-state index is 10.9. The molecule has 0 amide bonds. The van der Waals surface area contributed by atoms with Crippen molar-refractivity contribution in [3.05, 3.63) is 11.8 Å². The molecular formula is C12H20O3. The van der Waals surface area contributed by atoms with Crippen molar-refractivity contribution in [1.29, 1.82) is 0 Å². The normalized spacial score (nSPS) is 29.7. The number of rotatable bonds is 3. The van der Waals surface area contributed by atoms with E-state index in [1.54, 1.807) is 14.0 Å². The summed E-state index contributed by atoms with van der Waals surface area (Å²) in [5.41, 5.74) is 0. The predicted molar refractivity (Wildman–Crippen MR) is 58.3 cm³/mol. The van der Waals surface area contributed by atoms with Crippen LogP contribution in [-0.4, -0.2) is 18.7 Å². The Morgan fingerprint density at radius 2 is 2.33 bits per heavy atom. The Labute approximate surface area is 91.4 Å². The van der Waals surface area contributed by atoms with Crippen molar-refractivity contribution < 1.29 is 14.3 Å². The van der Waals surface area contributed by atoms with Gasteiger partial charge in [-0.3, -0.25) is 4.79 Å². The molecule has 0 aromatic carbocycles. The lowest BCUT2D eigenvalue weighted by atomic mass is 10.1. The summed E-state index contributed by atoms with van der Waals surface area (Å²) < 4.78 is 11.1. The van der Waals surface area contributed by atoms with Gasteiger partial charge < -0.3 is 9.47 Å². The van der Waals surface area contributed by atoms with Gasteiger partial charge in [0.15, 0.2) is 0 Å². The molecule has 1 saturated heterocycles. The highest BCUT2D eigenvalue weighted by molar-refractivity contribution is 5.77. The molecule has 0 aromatic rings. The molecule has 3 heteroatoms. The van der Waals surface area contributed by atoms with Gasteiger partial charge >= 0.3 is 0 Å². The second kappa shape index (κ2) is 5.31. The number of methoxy groups -OCH3 is 1. The zero-order valence-electron chi connectivity index (χ0n) is 9.84. The largest absolute Gasteiger partial charge is 0.467 e. The monoisotopic (exact) mass is 212 g/mol. The average Bonchev–Trinajstić information content (AvgIpc) is 2.38. The summed E-state index contributed by atoms with van der Waals surface area (Å²) in [7, 11) is 1.66. The van der Waals surface area contributed by atoms with Gasteiger partial charge in [-0.2, -0.15) is 0 Å². The molecule has 1 aliphatic rings. The highest BCUT2D eigenvalue weighted by Gasteiger charge is 2.28. The summed E-state index contributed by atoms with van der Waals surface area (Å²) in [6.45, 7) is 3.53. The van der Waals surface area contributed by atoms with Gasteiger partial charge in [-0.05, 0) is 25.8 Å². The minimum Gasteiger partial charge on any atom is -0.467 e. The van der Waals surface area contributed by atoms with E-state index in [9.17, 15) is 4.79 Å². The number of ketones is 1. The van der Waals surface area contributed by atoms with E-state index < -0.39 is 5.79 Å². The van der Waals surface area contributed by atoms with Gasteiger partial charge in [0.25, 0.3) is 0 Å². The van der Waals surface area contributed by atoms with Crippen LogP contribution >= 0.6 is 0 Å². The lowest BCUT2D eigenvalue weighted by Crippen LogP contribution is -2.29.